The molecular formula is C33H32N2O3. The fourth-order valence-electron chi connectivity index (χ4n) is 5.49. The minimum atomic E-state index is -0.587. The first kappa shape index (κ1) is 25.4. The predicted octanol–water partition coefficient (Wildman–Crippen LogP) is 5.70. The molecule has 0 saturated carbocycles. The van der Waals surface area contributed by atoms with Crippen LogP contribution in [-0.4, -0.2) is 40.9 Å². The summed E-state index contributed by atoms with van der Waals surface area (Å²) in [7, 11) is 0. The average molecular weight is 505 g/mol. The van der Waals surface area contributed by atoms with Crippen LogP contribution >= 0.6 is 0 Å². The van der Waals surface area contributed by atoms with Gasteiger partial charge in [-0.05, 0) is 41.8 Å². The SMILES string of the molecule is CCOC(=O)Cn1cccc1C=C1CN(C(c2ccccc2)(c2ccccc2)c2ccccc2)CCC1=O. The number of nitrogens with zero attached hydrogens (tertiary/aromatic N) is 2. The van der Waals surface area contributed by atoms with Crippen molar-refractivity contribution in [3.63, 3.8) is 0 Å². The Morgan fingerprint density at radius 2 is 1.39 bits per heavy atom. The Bertz CT molecular complexity index is 1310. The topological polar surface area (TPSA) is 51.5 Å². The number of Topliss-reactive ketones (excluding diaryl/α,β-unsaturated/α-hetero) is 1. The van der Waals surface area contributed by atoms with Crippen LogP contribution in [0, 0.1) is 0 Å². The second-order valence-electron chi connectivity index (χ2n) is 9.44. The molecule has 1 fully saturated rings. The molecule has 3 aromatic carbocycles. The van der Waals surface area contributed by atoms with Gasteiger partial charge in [-0.25, -0.2) is 0 Å². The van der Waals surface area contributed by atoms with Crippen molar-refractivity contribution in [2.45, 2.75) is 25.4 Å². The molecule has 0 aliphatic carbocycles. The van der Waals surface area contributed by atoms with E-state index in [-0.39, 0.29) is 18.3 Å². The number of hydrogen-bond acceptors (Lipinski definition) is 4. The maximum absolute atomic E-state index is 13.2. The minimum Gasteiger partial charge on any atom is -0.465 e. The van der Waals surface area contributed by atoms with Crippen LogP contribution in [0.3, 0.4) is 0 Å². The summed E-state index contributed by atoms with van der Waals surface area (Å²) in [6.45, 7) is 3.34. The standard InChI is InChI=1S/C33H32N2O3/c1-2-38-32(37)25-34-21-12-19-30(34)23-26-24-35(22-20-31(26)36)33(27-13-6-3-7-14-27,28-15-8-4-9-16-28)29-17-10-5-11-18-29/h3-19,21,23H,2,20,22,24-25H2,1H3. The smallest absolute Gasteiger partial charge is 0.325 e. The molecule has 2 heterocycles. The molecule has 1 aliphatic rings. The Balaban J connectivity index is 1.61. The summed E-state index contributed by atoms with van der Waals surface area (Å²) in [5.41, 5.74) is 4.40. The summed E-state index contributed by atoms with van der Waals surface area (Å²) in [6, 6.07) is 35.4. The molecule has 4 aromatic rings. The van der Waals surface area contributed by atoms with E-state index in [4.69, 9.17) is 4.74 Å². The van der Waals surface area contributed by atoms with E-state index in [9.17, 15) is 9.59 Å². The third kappa shape index (κ3) is 4.98. The van der Waals surface area contributed by atoms with Gasteiger partial charge in [0, 0.05) is 37.0 Å². The van der Waals surface area contributed by atoms with Gasteiger partial charge in [-0.3, -0.25) is 14.5 Å². The Labute approximate surface area is 224 Å². The van der Waals surface area contributed by atoms with Gasteiger partial charge < -0.3 is 9.30 Å². The number of carbonyl (C=O) groups excluding carboxylic acids is 2. The van der Waals surface area contributed by atoms with Gasteiger partial charge in [0.2, 0.25) is 0 Å². The molecule has 38 heavy (non-hydrogen) atoms. The van der Waals surface area contributed by atoms with E-state index in [2.05, 4.69) is 77.7 Å². The normalized spacial score (nSPS) is 15.5. The fourth-order valence-corrected chi connectivity index (χ4v) is 5.49. The maximum atomic E-state index is 13.2. The summed E-state index contributed by atoms with van der Waals surface area (Å²) in [5.74, 6) is -0.163. The maximum Gasteiger partial charge on any atom is 0.325 e. The van der Waals surface area contributed by atoms with E-state index in [1.807, 2.05) is 47.2 Å². The number of likely N-dealkylation sites (tertiary alicyclic amines) is 1. The van der Waals surface area contributed by atoms with Gasteiger partial charge in [-0.2, -0.15) is 0 Å². The molecule has 0 spiro atoms. The van der Waals surface area contributed by atoms with Crippen molar-refractivity contribution in [1.82, 2.24) is 9.47 Å². The van der Waals surface area contributed by atoms with Crippen LogP contribution in [-0.2, 0) is 26.4 Å². The number of carbonyl (C=O) groups is 2. The average Bonchev–Trinajstić information content (AvgIpc) is 3.39. The summed E-state index contributed by atoms with van der Waals surface area (Å²) in [4.78, 5) is 27.8. The van der Waals surface area contributed by atoms with Gasteiger partial charge in [-0.15, -0.1) is 0 Å². The molecule has 0 radical (unpaired) electrons. The summed E-state index contributed by atoms with van der Waals surface area (Å²) >= 11 is 0. The summed E-state index contributed by atoms with van der Waals surface area (Å²) < 4.78 is 6.96. The largest absolute Gasteiger partial charge is 0.465 e. The van der Waals surface area contributed by atoms with Crippen molar-refractivity contribution in [3.05, 3.63) is 137 Å². The monoisotopic (exact) mass is 504 g/mol. The zero-order chi connectivity index (χ0) is 26.4. The molecule has 5 heteroatoms. The van der Waals surface area contributed by atoms with Crippen LogP contribution < -0.4 is 0 Å². The highest BCUT2D eigenvalue weighted by molar-refractivity contribution is 6.00. The van der Waals surface area contributed by atoms with Crippen LogP contribution in [0.5, 0.6) is 0 Å². The molecule has 1 saturated heterocycles. The number of ketones is 1. The molecule has 0 amide bonds. The van der Waals surface area contributed by atoms with Gasteiger partial charge >= 0.3 is 5.97 Å². The summed E-state index contributed by atoms with van der Waals surface area (Å²) in [5, 5.41) is 0. The molecule has 0 atom stereocenters. The molecule has 5 nitrogen and oxygen atoms in total. The number of aromatic nitrogens is 1. The lowest BCUT2D eigenvalue weighted by molar-refractivity contribution is -0.143. The van der Waals surface area contributed by atoms with Crippen molar-refractivity contribution in [2.75, 3.05) is 19.7 Å². The third-order valence-electron chi connectivity index (χ3n) is 7.17. The van der Waals surface area contributed by atoms with Crippen molar-refractivity contribution >= 4 is 17.8 Å². The minimum absolute atomic E-state index is 0.111. The Kier molecular flexibility index (Phi) is 7.66. The van der Waals surface area contributed by atoms with Crippen molar-refractivity contribution in [1.29, 1.82) is 0 Å². The molecule has 192 valence electrons. The zero-order valence-corrected chi connectivity index (χ0v) is 21.6. The number of benzene rings is 3. The van der Waals surface area contributed by atoms with Gasteiger partial charge in [0.25, 0.3) is 0 Å². The Morgan fingerprint density at radius 1 is 0.842 bits per heavy atom. The lowest BCUT2D eigenvalue weighted by Crippen LogP contribution is -2.52. The predicted molar refractivity (Wildman–Crippen MR) is 149 cm³/mol. The highest BCUT2D eigenvalue weighted by Crippen LogP contribution is 2.44. The van der Waals surface area contributed by atoms with Crippen LogP contribution in [0.25, 0.3) is 6.08 Å². The van der Waals surface area contributed by atoms with Gasteiger partial charge in [-0.1, -0.05) is 91.0 Å². The van der Waals surface area contributed by atoms with E-state index >= 15 is 0 Å². The highest BCUT2D eigenvalue weighted by atomic mass is 16.5. The third-order valence-corrected chi connectivity index (χ3v) is 7.17. The van der Waals surface area contributed by atoms with Gasteiger partial charge in [0.05, 0.1) is 12.1 Å². The van der Waals surface area contributed by atoms with E-state index in [0.29, 0.717) is 26.1 Å². The zero-order valence-electron chi connectivity index (χ0n) is 21.6. The lowest BCUT2D eigenvalue weighted by atomic mass is 9.74. The Morgan fingerprint density at radius 3 is 1.92 bits per heavy atom. The Hall–Kier alpha value is -4.22. The fraction of sp³-hybridized carbons (Fsp3) is 0.212. The number of piperidine rings is 1. The number of esters is 1. The van der Waals surface area contributed by atoms with Crippen molar-refractivity contribution in [2.24, 2.45) is 0 Å². The first-order chi connectivity index (χ1) is 18.6. The first-order valence-corrected chi connectivity index (χ1v) is 13.1. The van der Waals surface area contributed by atoms with E-state index in [1.165, 1.54) is 0 Å². The highest BCUT2D eigenvalue weighted by Gasteiger charge is 2.44. The van der Waals surface area contributed by atoms with Gasteiger partial charge in [0.1, 0.15) is 6.54 Å². The molecule has 1 aliphatic heterocycles. The molecule has 1 aromatic heterocycles. The number of hydrogen-bond donors (Lipinski definition) is 0. The quantitative estimate of drug-likeness (QED) is 0.175. The molecule has 0 unspecified atom stereocenters. The van der Waals surface area contributed by atoms with E-state index in [0.717, 1.165) is 28.0 Å². The van der Waals surface area contributed by atoms with Gasteiger partial charge in [0.15, 0.2) is 5.78 Å². The number of ether oxygens (including phenoxy) is 1. The van der Waals surface area contributed by atoms with Crippen LogP contribution in [0.1, 0.15) is 35.7 Å². The first-order valence-electron chi connectivity index (χ1n) is 13.1. The van der Waals surface area contributed by atoms with Crippen LogP contribution in [0.4, 0.5) is 0 Å². The molecule has 0 N–H and O–H groups in total. The summed E-state index contributed by atoms with van der Waals surface area (Å²) in [6.07, 6.45) is 4.19. The van der Waals surface area contributed by atoms with Crippen LogP contribution in [0.15, 0.2) is 115 Å². The van der Waals surface area contributed by atoms with Crippen molar-refractivity contribution < 1.29 is 14.3 Å². The number of rotatable bonds is 8. The molecular weight excluding hydrogens is 472 g/mol. The van der Waals surface area contributed by atoms with Crippen LogP contribution in [0.2, 0.25) is 0 Å². The van der Waals surface area contributed by atoms with E-state index in [1.54, 1.807) is 6.92 Å². The molecule has 0 bridgehead atoms. The second-order valence-corrected chi connectivity index (χ2v) is 9.44. The second kappa shape index (κ2) is 11.4. The van der Waals surface area contributed by atoms with Crippen molar-refractivity contribution in [3.8, 4) is 0 Å². The molecule has 5 rings (SSSR count). The van der Waals surface area contributed by atoms with E-state index < -0.39 is 5.54 Å². The lowest BCUT2D eigenvalue weighted by Gasteiger charge is -2.47.